The van der Waals surface area contributed by atoms with E-state index in [-0.39, 0.29) is 4.75 Å². The van der Waals surface area contributed by atoms with Crippen LogP contribution in [0, 0.1) is 0 Å². The lowest BCUT2D eigenvalue weighted by Gasteiger charge is -2.17. The number of rotatable bonds is 1. The van der Waals surface area contributed by atoms with Gasteiger partial charge in [-0.1, -0.05) is 32.9 Å². The number of pyridine rings is 1. The Morgan fingerprint density at radius 1 is 1.13 bits per heavy atom. The molecule has 0 aliphatic carbocycles. The van der Waals surface area contributed by atoms with E-state index in [1.54, 1.807) is 0 Å². The van der Waals surface area contributed by atoms with Gasteiger partial charge in [0.1, 0.15) is 0 Å². The maximum atomic E-state index is 4.36. The number of hydrogen-bond donors (Lipinski definition) is 0. The van der Waals surface area contributed by atoms with Crippen molar-refractivity contribution in [3.63, 3.8) is 0 Å². The summed E-state index contributed by atoms with van der Waals surface area (Å²) in [5.74, 6) is 0. The molecule has 0 fully saturated rings. The zero-order chi connectivity index (χ0) is 10.9. The van der Waals surface area contributed by atoms with E-state index in [1.807, 2.05) is 24.0 Å². The van der Waals surface area contributed by atoms with E-state index < -0.39 is 0 Å². The van der Waals surface area contributed by atoms with Gasteiger partial charge in [0.05, 0.1) is 5.52 Å². The average molecular weight is 217 g/mol. The van der Waals surface area contributed by atoms with Crippen LogP contribution in [0.3, 0.4) is 0 Å². The van der Waals surface area contributed by atoms with E-state index in [2.05, 4.69) is 50.0 Å². The van der Waals surface area contributed by atoms with Gasteiger partial charge in [-0.25, -0.2) is 0 Å². The largest absolute Gasteiger partial charge is 0.256 e. The first-order valence-corrected chi connectivity index (χ1v) is 5.90. The average Bonchev–Trinajstić information content (AvgIpc) is 2.15. The number of fused-ring (bicyclic) bond motifs is 1. The molecule has 1 aromatic carbocycles. The Hall–Kier alpha value is -1.02. The van der Waals surface area contributed by atoms with Crippen molar-refractivity contribution in [1.82, 2.24) is 4.98 Å². The SMILES string of the molecule is CC(C)(C)Sc1ccc2cccnc2c1. The molecule has 15 heavy (non-hydrogen) atoms. The fourth-order valence-corrected chi connectivity index (χ4v) is 2.48. The van der Waals surface area contributed by atoms with Crippen LogP contribution in [0.2, 0.25) is 0 Å². The van der Waals surface area contributed by atoms with Crippen molar-refractivity contribution < 1.29 is 0 Å². The molecular weight excluding hydrogens is 202 g/mol. The lowest BCUT2D eigenvalue weighted by molar-refractivity contribution is 0.803. The standard InChI is InChI=1S/C13H15NS/c1-13(2,3)15-11-7-6-10-5-4-8-14-12(10)9-11/h4-9H,1-3H3. The number of nitrogens with zero attached hydrogens (tertiary/aromatic N) is 1. The number of benzene rings is 1. The molecule has 1 heterocycles. The third-order valence-electron chi connectivity index (χ3n) is 2.00. The number of thioether (sulfide) groups is 1. The minimum Gasteiger partial charge on any atom is -0.256 e. The molecule has 2 rings (SSSR count). The van der Waals surface area contributed by atoms with Crippen molar-refractivity contribution in [1.29, 1.82) is 0 Å². The fourth-order valence-electron chi connectivity index (χ4n) is 1.46. The molecule has 0 saturated carbocycles. The Morgan fingerprint density at radius 2 is 1.93 bits per heavy atom. The molecular formula is C13H15NS. The summed E-state index contributed by atoms with van der Waals surface area (Å²) in [6.45, 7) is 6.67. The molecule has 0 N–H and O–H groups in total. The van der Waals surface area contributed by atoms with Gasteiger partial charge in [-0.3, -0.25) is 4.98 Å². The van der Waals surface area contributed by atoms with Crippen LogP contribution in [0.1, 0.15) is 20.8 Å². The smallest absolute Gasteiger partial charge is 0.0713 e. The number of aromatic nitrogens is 1. The van der Waals surface area contributed by atoms with Crippen LogP contribution >= 0.6 is 11.8 Å². The van der Waals surface area contributed by atoms with Gasteiger partial charge in [-0.15, -0.1) is 11.8 Å². The third kappa shape index (κ3) is 2.72. The molecule has 0 saturated heterocycles. The minimum absolute atomic E-state index is 0.252. The zero-order valence-electron chi connectivity index (χ0n) is 9.32. The molecule has 0 radical (unpaired) electrons. The first-order chi connectivity index (χ1) is 7.04. The second kappa shape index (κ2) is 3.86. The first-order valence-electron chi connectivity index (χ1n) is 5.08. The first kappa shape index (κ1) is 10.5. The van der Waals surface area contributed by atoms with Crippen LogP contribution in [0.15, 0.2) is 41.4 Å². The van der Waals surface area contributed by atoms with Gasteiger partial charge in [-0.05, 0) is 18.2 Å². The van der Waals surface area contributed by atoms with Crippen molar-refractivity contribution >= 4 is 22.7 Å². The van der Waals surface area contributed by atoms with Crippen LogP contribution < -0.4 is 0 Å². The lowest BCUT2D eigenvalue weighted by atomic mass is 10.2. The maximum Gasteiger partial charge on any atom is 0.0713 e. The summed E-state index contributed by atoms with van der Waals surface area (Å²) in [7, 11) is 0. The molecule has 1 nitrogen and oxygen atoms in total. The molecule has 0 atom stereocenters. The Morgan fingerprint density at radius 3 is 2.67 bits per heavy atom. The topological polar surface area (TPSA) is 12.9 Å². The molecule has 0 spiro atoms. The molecule has 78 valence electrons. The van der Waals surface area contributed by atoms with Gasteiger partial charge >= 0.3 is 0 Å². The van der Waals surface area contributed by atoms with Crippen LogP contribution in [0.4, 0.5) is 0 Å². The molecule has 2 heteroatoms. The normalized spacial score (nSPS) is 11.9. The molecule has 2 aromatic rings. The quantitative estimate of drug-likeness (QED) is 0.666. The van der Waals surface area contributed by atoms with Crippen LogP contribution in [-0.4, -0.2) is 9.73 Å². The highest BCUT2D eigenvalue weighted by molar-refractivity contribution is 8.00. The van der Waals surface area contributed by atoms with Crippen molar-refractivity contribution in [2.45, 2.75) is 30.4 Å². The second-order valence-corrected chi connectivity index (χ2v) is 6.47. The van der Waals surface area contributed by atoms with E-state index in [0.717, 1.165) is 5.52 Å². The molecule has 0 aliphatic rings. The highest BCUT2D eigenvalue weighted by Gasteiger charge is 2.12. The Bertz CT molecular complexity index is 471. The monoisotopic (exact) mass is 217 g/mol. The van der Waals surface area contributed by atoms with Crippen LogP contribution in [0.5, 0.6) is 0 Å². The predicted octanol–water partition coefficient (Wildman–Crippen LogP) is 4.13. The predicted molar refractivity (Wildman–Crippen MR) is 67.4 cm³/mol. The molecule has 1 aromatic heterocycles. The maximum absolute atomic E-state index is 4.36. The van der Waals surface area contributed by atoms with Crippen LogP contribution in [0.25, 0.3) is 10.9 Å². The summed E-state index contributed by atoms with van der Waals surface area (Å²) < 4.78 is 0.252. The summed E-state index contributed by atoms with van der Waals surface area (Å²) in [5.41, 5.74) is 1.08. The molecule has 0 unspecified atom stereocenters. The van der Waals surface area contributed by atoms with Gasteiger partial charge in [0.25, 0.3) is 0 Å². The van der Waals surface area contributed by atoms with Crippen LogP contribution in [-0.2, 0) is 0 Å². The van der Waals surface area contributed by atoms with Crippen molar-refractivity contribution in [3.05, 3.63) is 36.5 Å². The summed E-state index contributed by atoms with van der Waals surface area (Å²) in [5, 5.41) is 1.20. The summed E-state index contributed by atoms with van der Waals surface area (Å²) in [4.78, 5) is 5.64. The Labute approximate surface area is 94.9 Å². The number of hydrogen-bond acceptors (Lipinski definition) is 2. The Kier molecular flexibility index (Phi) is 2.70. The van der Waals surface area contributed by atoms with Gasteiger partial charge < -0.3 is 0 Å². The van der Waals surface area contributed by atoms with Crippen molar-refractivity contribution in [2.75, 3.05) is 0 Å². The van der Waals surface area contributed by atoms with E-state index in [9.17, 15) is 0 Å². The molecule has 0 bridgehead atoms. The van der Waals surface area contributed by atoms with E-state index in [4.69, 9.17) is 0 Å². The third-order valence-corrected chi connectivity index (χ3v) is 3.10. The minimum atomic E-state index is 0.252. The van der Waals surface area contributed by atoms with Gasteiger partial charge in [0.2, 0.25) is 0 Å². The molecule has 0 aliphatic heterocycles. The van der Waals surface area contributed by atoms with E-state index in [1.165, 1.54) is 10.3 Å². The van der Waals surface area contributed by atoms with Crippen molar-refractivity contribution in [3.8, 4) is 0 Å². The zero-order valence-corrected chi connectivity index (χ0v) is 10.1. The second-order valence-electron chi connectivity index (χ2n) is 4.57. The summed E-state index contributed by atoms with van der Waals surface area (Å²) >= 11 is 1.88. The lowest BCUT2D eigenvalue weighted by Crippen LogP contribution is -2.06. The summed E-state index contributed by atoms with van der Waals surface area (Å²) in [6, 6.07) is 10.5. The van der Waals surface area contributed by atoms with Gasteiger partial charge in [0, 0.05) is 21.2 Å². The summed E-state index contributed by atoms with van der Waals surface area (Å²) in [6.07, 6.45) is 1.84. The van der Waals surface area contributed by atoms with Gasteiger partial charge in [0.15, 0.2) is 0 Å². The van der Waals surface area contributed by atoms with Crippen molar-refractivity contribution in [2.24, 2.45) is 0 Å². The molecule has 0 amide bonds. The highest BCUT2D eigenvalue weighted by atomic mass is 32.2. The fraction of sp³-hybridized carbons (Fsp3) is 0.308. The van der Waals surface area contributed by atoms with E-state index >= 15 is 0 Å². The van der Waals surface area contributed by atoms with Gasteiger partial charge in [-0.2, -0.15) is 0 Å². The highest BCUT2D eigenvalue weighted by Crippen LogP contribution is 2.32. The van der Waals surface area contributed by atoms with E-state index in [0.29, 0.717) is 0 Å². The Balaban J connectivity index is 2.39.